The molecule has 0 aromatic heterocycles. The van der Waals surface area contributed by atoms with Gasteiger partial charge in [0.05, 0.1) is 0 Å². The lowest BCUT2D eigenvalue weighted by Crippen LogP contribution is -2.32. The number of carbonyl (C=O) groups excluding carboxylic acids is 1. The summed E-state index contributed by atoms with van der Waals surface area (Å²) >= 11 is 9.15. The largest absolute Gasteiger partial charge is 0.484 e. The number of nitrogens with one attached hydrogen (secondary N) is 1. The predicted molar refractivity (Wildman–Crippen MR) is 72.9 cm³/mol. The topological polar surface area (TPSA) is 38.3 Å². The standard InChI is InChI=1S/C12H15BrClNO2/c1-9(6-13)7-15-12(16)8-17-11-4-2-3-10(14)5-11/h2-5,9H,6-8H2,1H3,(H,15,16). The zero-order valence-electron chi connectivity index (χ0n) is 9.58. The summed E-state index contributed by atoms with van der Waals surface area (Å²) in [4.78, 5) is 11.4. The maximum absolute atomic E-state index is 11.4. The van der Waals surface area contributed by atoms with E-state index in [1.807, 2.05) is 6.92 Å². The molecule has 1 aromatic carbocycles. The van der Waals surface area contributed by atoms with Crippen LogP contribution in [0.1, 0.15) is 6.92 Å². The van der Waals surface area contributed by atoms with Gasteiger partial charge in [-0.1, -0.05) is 40.5 Å². The van der Waals surface area contributed by atoms with Crippen LogP contribution in [0, 0.1) is 5.92 Å². The summed E-state index contributed by atoms with van der Waals surface area (Å²) in [6.07, 6.45) is 0. The Morgan fingerprint density at radius 3 is 3.00 bits per heavy atom. The zero-order valence-corrected chi connectivity index (χ0v) is 11.9. The minimum absolute atomic E-state index is 0.00927. The lowest BCUT2D eigenvalue weighted by Gasteiger charge is -2.10. The van der Waals surface area contributed by atoms with Crippen molar-refractivity contribution in [2.45, 2.75) is 6.92 Å². The lowest BCUT2D eigenvalue weighted by molar-refractivity contribution is -0.123. The van der Waals surface area contributed by atoms with Crippen LogP contribution in [-0.4, -0.2) is 24.4 Å². The summed E-state index contributed by atoms with van der Waals surface area (Å²) in [5, 5.41) is 4.25. The van der Waals surface area contributed by atoms with Gasteiger partial charge in [0.25, 0.3) is 5.91 Å². The maximum atomic E-state index is 11.4. The first-order valence-electron chi connectivity index (χ1n) is 5.33. The van der Waals surface area contributed by atoms with Crippen LogP contribution < -0.4 is 10.1 Å². The van der Waals surface area contributed by atoms with Crippen molar-refractivity contribution in [3.05, 3.63) is 29.3 Å². The van der Waals surface area contributed by atoms with Gasteiger partial charge in [-0.2, -0.15) is 0 Å². The molecule has 1 aromatic rings. The summed E-state index contributed by atoms with van der Waals surface area (Å²) in [5.41, 5.74) is 0. The highest BCUT2D eigenvalue weighted by molar-refractivity contribution is 9.09. The number of benzene rings is 1. The van der Waals surface area contributed by atoms with E-state index in [9.17, 15) is 4.79 Å². The highest BCUT2D eigenvalue weighted by atomic mass is 79.9. The molecule has 17 heavy (non-hydrogen) atoms. The second kappa shape index (κ2) is 7.56. The van der Waals surface area contributed by atoms with Crippen LogP contribution >= 0.6 is 27.5 Å². The highest BCUT2D eigenvalue weighted by Crippen LogP contribution is 2.16. The Bertz CT molecular complexity index is 373. The fourth-order valence-corrected chi connectivity index (χ4v) is 1.51. The third-order valence-electron chi connectivity index (χ3n) is 2.08. The monoisotopic (exact) mass is 319 g/mol. The third-order valence-corrected chi connectivity index (χ3v) is 3.42. The molecule has 3 nitrogen and oxygen atoms in total. The van der Waals surface area contributed by atoms with Crippen molar-refractivity contribution in [3.8, 4) is 5.75 Å². The van der Waals surface area contributed by atoms with Crippen LogP contribution in [0.25, 0.3) is 0 Å². The molecule has 0 bridgehead atoms. The Morgan fingerprint density at radius 1 is 1.59 bits per heavy atom. The van der Waals surface area contributed by atoms with Gasteiger partial charge in [-0.3, -0.25) is 4.79 Å². The van der Waals surface area contributed by atoms with Gasteiger partial charge in [-0.25, -0.2) is 0 Å². The Hall–Kier alpha value is -0.740. The maximum Gasteiger partial charge on any atom is 0.257 e. The van der Waals surface area contributed by atoms with E-state index in [0.29, 0.717) is 23.2 Å². The van der Waals surface area contributed by atoms with Crippen LogP contribution in [0.3, 0.4) is 0 Å². The van der Waals surface area contributed by atoms with E-state index in [-0.39, 0.29) is 12.5 Å². The van der Waals surface area contributed by atoms with Crippen molar-refractivity contribution in [2.75, 3.05) is 18.5 Å². The molecular formula is C12H15BrClNO2. The Kier molecular flexibility index (Phi) is 6.37. The average molecular weight is 321 g/mol. The summed E-state index contributed by atoms with van der Waals surface area (Å²) < 4.78 is 5.31. The molecule has 1 amide bonds. The number of halogens is 2. The van der Waals surface area contributed by atoms with Crippen molar-refractivity contribution in [1.82, 2.24) is 5.32 Å². The van der Waals surface area contributed by atoms with Crippen molar-refractivity contribution < 1.29 is 9.53 Å². The van der Waals surface area contributed by atoms with Crippen LogP contribution in [-0.2, 0) is 4.79 Å². The second-order valence-corrected chi connectivity index (χ2v) is 4.89. The number of hydrogen-bond acceptors (Lipinski definition) is 2. The van der Waals surface area contributed by atoms with Crippen LogP contribution in [0.5, 0.6) is 5.75 Å². The van der Waals surface area contributed by atoms with Gasteiger partial charge in [0, 0.05) is 16.9 Å². The number of rotatable bonds is 6. The predicted octanol–water partition coefficient (Wildman–Crippen LogP) is 2.87. The normalized spacial score (nSPS) is 11.9. The molecule has 1 rings (SSSR count). The molecule has 1 N–H and O–H groups in total. The molecule has 0 heterocycles. The van der Waals surface area contributed by atoms with Crippen LogP contribution in [0.2, 0.25) is 5.02 Å². The van der Waals surface area contributed by atoms with Gasteiger partial charge in [0.15, 0.2) is 6.61 Å². The molecule has 0 aliphatic heterocycles. The molecule has 0 aliphatic carbocycles. The van der Waals surface area contributed by atoms with Gasteiger partial charge in [-0.05, 0) is 24.1 Å². The first kappa shape index (κ1) is 14.3. The molecule has 0 aliphatic rings. The van der Waals surface area contributed by atoms with Gasteiger partial charge in [0.2, 0.25) is 0 Å². The lowest BCUT2D eigenvalue weighted by atomic mass is 10.2. The summed E-state index contributed by atoms with van der Waals surface area (Å²) in [7, 11) is 0. The van der Waals surface area contributed by atoms with Gasteiger partial charge in [-0.15, -0.1) is 0 Å². The van der Waals surface area contributed by atoms with E-state index in [2.05, 4.69) is 21.2 Å². The van der Waals surface area contributed by atoms with Gasteiger partial charge >= 0.3 is 0 Å². The van der Waals surface area contributed by atoms with E-state index in [1.165, 1.54) is 0 Å². The average Bonchev–Trinajstić information content (AvgIpc) is 2.33. The molecular weight excluding hydrogens is 305 g/mol. The third kappa shape index (κ3) is 5.94. The number of ether oxygens (including phenoxy) is 1. The smallest absolute Gasteiger partial charge is 0.257 e. The zero-order chi connectivity index (χ0) is 12.7. The Morgan fingerprint density at radius 2 is 2.35 bits per heavy atom. The molecule has 0 fully saturated rings. The molecule has 1 unspecified atom stereocenters. The van der Waals surface area contributed by atoms with Crippen LogP contribution in [0.15, 0.2) is 24.3 Å². The van der Waals surface area contributed by atoms with Gasteiger partial charge in [0.1, 0.15) is 5.75 Å². The molecule has 1 atom stereocenters. The second-order valence-electron chi connectivity index (χ2n) is 3.81. The number of alkyl halides is 1. The quantitative estimate of drug-likeness (QED) is 0.819. The molecule has 0 radical (unpaired) electrons. The fraction of sp³-hybridized carbons (Fsp3) is 0.417. The number of carbonyl (C=O) groups is 1. The molecule has 0 saturated heterocycles. The van der Waals surface area contributed by atoms with E-state index < -0.39 is 0 Å². The molecule has 0 saturated carbocycles. The minimum atomic E-state index is -0.127. The van der Waals surface area contributed by atoms with E-state index in [1.54, 1.807) is 24.3 Å². The molecule has 0 spiro atoms. The van der Waals surface area contributed by atoms with Crippen molar-refractivity contribution in [3.63, 3.8) is 0 Å². The summed E-state index contributed by atoms with van der Waals surface area (Å²) in [6.45, 7) is 2.70. The van der Waals surface area contributed by atoms with E-state index in [0.717, 1.165) is 5.33 Å². The minimum Gasteiger partial charge on any atom is -0.484 e. The summed E-state index contributed by atoms with van der Waals surface area (Å²) in [6, 6.07) is 6.98. The highest BCUT2D eigenvalue weighted by Gasteiger charge is 2.05. The van der Waals surface area contributed by atoms with E-state index in [4.69, 9.17) is 16.3 Å². The van der Waals surface area contributed by atoms with Crippen molar-refractivity contribution >= 4 is 33.4 Å². The Balaban J connectivity index is 2.28. The number of hydrogen-bond donors (Lipinski definition) is 1. The van der Waals surface area contributed by atoms with Gasteiger partial charge < -0.3 is 10.1 Å². The summed E-state index contributed by atoms with van der Waals surface area (Å²) in [5.74, 6) is 0.879. The molecule has 94 valence electrons. The fourth-order valence-electron chi connectivity index (χ4n) is 1.10. The number of amides is 1. The van der Waals surface area contributed by atoms with Crippen LogP contribution in [0.4, 0.5) is 0 Å². The van der Waals surface area contributed by atoms with E-state index >= 15 is 0 Å². The Labute approximate surface area is 115 Å². The first-order valence-corrected chi connectivity index (χ1v) is 6.82. The first-order chi connectivity index (χ1) is 8.11. The van der Waals surface area contributed by atoms with Crippen molar-refractivity contribution in [1.29, 1.82) is 0 Å². The SMILES string of the molecule is CC(CBr)CNC(=O)COc1cccc(Cl)c1. The van der Waals surface area contributed by atoms with Crippen molar-refractivity contribution in [2.24, 2.45) is 5.92 Å². The molecule has 5 heteroatoms.